The minimum Gasteiger partial charge on any atom is -0.367 e. The first kappa shape index (κ1) is 20.5. The smallest absolute Gasteiger partial charge is 0.367 e. The fourth-order valence-corrected chi connectivity index (χ4v) is 4.27. The van der Waals surface area contributed by atoms with Gasteiger partial charge in [-0.2, -0.15) is 13.2 Å². The fraction of sp³-hybridized carbons (Fsp3) is 0.562. The summed E-state index contributed by atoms with van der Waals surface area (Å²) in [5, 5.41) is 6.14. The maximum Gasteiger partial charge on any atom is 0.411 e. The summed E-state index contributed by atoms with van der Waals surface area (Å²) in [7, 11) is -1.40. The van der Waals surface area contributed by atoms with Crippen molar-refractivity contribution in [2.45, 2.75) is 31.8 Å². The van der Waals surface area contributed by atoms with Crippen LogP contribution in [0.3, 0.4) is 0 Å². The zero-order valence-electron chi connectivity index (χ0n) is 14.3. The van der Waals surface area contributed by atoms with Gasteiger partial charge in [0.2, 0.25) is 0 Å². The lowest BCUT2D eigenvalue weighted by molar-refractivity contribution is -0.176. The van der Waals surface area contributed by atoms with Gasteiger partial charge in [0.1, 0.15) is 6.61 Å². The highest BCUT2D eigenvalue weighted by Gasteiger charge is 2.28. The van der Waals surface area contributed by atoms with Gasteiger partial charge in [-0.05, 0) is 17.5 Å². The third-order valence-electron chi connectivity index (χ3n) is 3.78. The Labute approximate surface area is 150 Å². The number of benzene rings is 1. The SMILES string of the molecule is CN=C(NCc1cccc(COCC(F)(F)F)c1)NC1CCS(=O)(=O)C1. The van der Waals surface area contributed by atoms with Crippen LogP contribution < -0.4 is 10.6 Å². The number of hydrogen-bond acceptors (Lipinski definition) is 4. The van der Waals surface area contributed by atoms with E-state index in [4.69, 9.17) is 0 Å². The molecule has 1 atom stereocenters. The molecule has 10 heteroatoms. The van der Waals surface area contributed by atoms with Crippen molar-refractivity contribution in [1.82, 2.24) is 10.6 Å². The van der Waals surface area contributed by atoms with Gasteiger partial charge in [-0.1, -0.05) is 24.3 Å². The summed E-state index contributed by atoms with van der Waals surface area (Å²) in [4.78, 5) is 4.06. The van der Waals surface area contributed by atoms with Crippen molar-refractivity contribution in [3.8, 4) is 0 Å². The van der Waals surface area contributed by atoms with E-state index in [2.05, 4.69) is 20.4 Å². The lowest BCUT2D eigenvalue weighted by Gasteiger charge is -2.16. The molecule has 1 unspecified atom stereocenters. The van der Waals surface area contributed by atoms with Crippen molar-refractivity contribution in [3.05, 3.63) is 35.4 Å². The molecule has 1 aliphatic rings. The second-order valence-electron chi connectivity index (χ2n) is 6.10. The van der Waals surface area contributed by atoms with Gasteiger partial charge in [-0.15, -0.1) is 0 Å². The maximum atomic E-state index is 12.1. The summed E-state index contributed by atoms with van der Waals surface area (Å²) >= 11 is 0. The number of ether oxygens (including phenoxy) is 1. The van der Waals surface area contributed by atoms with Crippen LogP contribution in [-0.2, 0) is 27.7 Å². The minimum absolute atomic E-state index is 0.0831. The zero-order chi connectivity index (χ0) is 19.2. The molecule has 1 aromatic carbocycles. The van der Waals surface area contributed by atoms with Crippen molar-refractivity contribution < 1.29 is 26.3 Å². The Morgan fingerprint density at radius 3 is 2.69 bits per heavy atom. The van der Waals surface area contributed by atoms with Gasteiger partial charge < -0.3 is 15.4 Å². The molecular weight excluding hydrogens is 371 g/mol. The molecule has 1 fully saturated rings. The molecule has 1 heterocycles. The number of nitrogens with one attached hydrogen (secondary N) is 2. The number of sulfone groups is 1. The molecule has 1 aliphatic heterocycles. The first-order chi connectivity index (χ1) is 12.2. The Morgan fingerprint density at radius 1 is 1.35 bits per heavy atom. The second kappa shape index (κ2) is 8.72. The van der Waals surface area contributed by atoms with Crippen LogP contribution in [-0.4, -0.2) is 51.8 Å². The minimum atomic E-state index is -4.34. The van der Waals surface area contributed by atoms with Crippen LogP contribution in [0.1, 0.15) is 17.5 Å². The van der Waals surface area contributed by atoms with Gasteiger partial charge >= 0.3 is 6.18 Å². The van der Waals surface area contributed by atoms with Crippen molar-refractivity contribution in [1.29, 1.82) is 0 Å². The van der Waals surface area contributed by atoms with Crippen LogP contribution in [0.2, 0.25) is 0 Å². The summed E-state index contributed by atoms with van der Waals surface area (Å²) in [6, 6.07) is 6.83. The quantitative estimate of drug-likeness (QED) is 0.567. The first-order valence-electron chi connectivity index (χ1n) is 8.07. The number of guanidine groups is 1. The molecule has 1 saturated heterocycles. The fourth-order valence-electron chi connectivity index (χ4n) is 2.60. The lowest BCUT2D eigenvalue weighted by Crippen LogP contribution is -2.43. The van der Waals surface area contributed by atoms with Gasteiger partial charge in [0.05, 0.1) is 18.1 Å². The third kappa shape index (κ3) is 7.20. The summed E-state index contributed by atoms with van der Waals surface area (Å²) < 4.78 is 64.0. The molecule has 0 aromatic heterocycles. The van der Waals surface area contributed by atoms with Gasteiger partial charge in [0.15, 0.2) is 15.8 Å². The predicted molar refractivity (Wildman–Crippen MR) is 92.5 cm³/mol. The van der Waals surface area contributed by atoms with E-state index in [0.717, 1.165) is 5.56 Å². The Balaban J connectivity index is 1.83. The molecule has 2 N–H and O–H groups in total. The molecule has 2 rings (SSSR count). The van der Waals surface area contributed by atoms with Gasteiger partial charge in [-0.25, -0.2) is 8.42 Å². The molecule has 26 heavy (non-hydrogen) atoms. The summed E-state index contributed by atoms with van der Waals surface area (Å²) in [5.41, 5.74) is 1.48. The summed E-state index contributed by atoms with van der Waals surface area (Å²) in [6.07, 6.45) is -3.81. The van der Waals surface area contributed by atoms with E-state index >= 15 is 0 Å². The monoisotopic (exact) mass is 393 g/mol. The highest BCUT2D eigenvalue weighted by atomic mass is 32.2. The average molecular weight is 393 g/mol. The van der Waals surface area contributed by atoms with Crippen LogP contribution >= 0.6 is 0 Å². The molecule has 0 amide bonds. The van der Waals surface area contributed by atoms with E-state index in [-0.39, 0.29) is 24.2 Å². The Morgan fingerprint density at radius 2 is 2.08 bits per heavy atom. The molecule has 6 nitrogen and oxygen atoms in total. The Bertz CT molecular complexity index is 736. The second-order valence-corrected chi connectivity index (χ2v) is 8.33. The molecule has 0 aliphatic carbocycles. The Kier molecular flexibility index (Phi) is 6.87. The van der Waals surface area contributed by atoms with E-state index in [0.29, 0.717) is 24.5 Å². The van der Waals surface area contributed by atoms with Gasteiger partial charge in [-0.3, -0.25) is 4.99 Å². The number of nitrogens with zero attached hydrogens (tertiary/aromatic N) is 1. The topological polar surface area (TPSA) is 79.8 Å². The number of halogens is 3. The first-order valence-corrected chi connectivity index (χ1v) is 9.89. The number of hydrogen-bond donors (Lipinski definition) is 2. The van der Waals surface area contributed by atoms with Crippen molar-refractivity contribution in [2.75, 3.05) is 25.2 Å². The summed E-state index contributed by atoms with van der Waals surface area (Å²) in [6.45, 7) is -1.01. The van der Waals surface area contributed by atoms with Crippen LogP contribution in [0, 0.1) is 0 Å². The van der Waals surface area contributed by atoms with Crippen molar-refractivity contribution in [2.24, 2.45) is 4.99 Å². The van der Waals surface area contributed by atoms with Crippen LogP contribution in [0.25, 0.3) is 0 Å². The van der Waals surface area contributed by atoms with E-state index < -0.39 is 22.6 Å². The zero-order valence-corrected chi connectivity index (χ0v) is 15.2. The molecular formula is C16H22F3N3O3S. The Hall–Kier alpha value is -1.81. The third-order valence-corrected chi connectivity index (χ3v) is 5.55. The van der Waals surface area contributed by atoms with Crippen LogP contribution in [0.5, 0.6) is 0 Å². The number of rotatable bonds is 6. The average Bonchev–Trinajstić information content (AvgIpc) is 2.89. The standard InChI is InChI=1S/C16H22F3N3O3S/c1-20-15(22-14-5-6-26(23,24)10-14)21-8-12-3-2-4-13(7-12)9-25-11-16(17,18)19/h2-4,7,14H,5-6,8-11H2,1H3,(H2,20,21,22). The van der Waals surface area contributed by atoms with E-state index in [9.17, 15) is 21.6 Å². The number of alkyl halides is 3. The molecule has 0 saturated carbocycles. The molecule has 0 radical (unpaired) electrons. The van der Waals surface area contributed by atoms with Crippen LogP contribution in [0.15, 0.2) is 29.3 Å². The maximum absolute atomic E-state index is 12.1. The van der Waals surface area contributed by atoms with Gasteiger partial charge in [0, 0.05) is 19.6 Å². The molecule has 146 valence electrons. The van der Waals surface area contributed by atoms with Crippen molar-refractivity contribution in [3.63, 3.8) is 0 Å². The van der Waals surface area contributed by atoms with E-state index in [1.54, 1.807) is 25.2 Å². The van der Waals surface area contributed by atoms with E-state index in [1.165, 1.54) is 0 Å². The van der Waals surface area contributed by atoms with Gasteiger partial charge in [0.25, 0.3) is 0 Å². The van der Waals surface area contributed by atoms with Crippen LogP contribution in [0.4, 0.5) is 13.2 Å². The highest BCUT2D eigenvalue weighted by Crippen LogP contribution is 2.16. The van der Waals surface area contributed by atoms with E-state index in [1.807, 2.05) is 6.07 Å². The highest BCUT2D eigenvalue weighted by molar-refractivity contribution is 7.91. The normalized spacial score (nSPS) is 20.2. The molecule has 0 bridgehead atoms. The predicted octanol–water partition coefficient (Wildman–Crippen LogP) is 1.62. The summed E-state index contributed by atoms with van der Waals surface area (Å²) in [5.74, 6) is 0.729. The largest absolute Gasteiger partial charge is 0.411 e. The van der Waals surface area contributed by atoms with Crippen molar-refractivity contribution >= 4 is 15.8 Å². The molecule has 1 aromatic rings. The molecule has 0 spiro atoms. The lowest BCUT2D eigenvalue weighted by atomic mass is 10.1. The number of aliphatic imine (C=N–C) groups is 1.